The van der Waals surface area contributed by atoms with Gasteiger partial charge in [0.1, 0.15) is 0 Å². The minimum Gasteiger partial charge on any atom is -0.308 e. The largest absolute Gasteiger partial charge is 0.308 e. The van der Waals surface area contributed by atoms with Crippen LogP contribution >= 0.6 is 0 Å². The van der Waals surface area contributed by atoms with Gasteiger partial charge in [0.05, 0.1) is 6.04 Å². The summed E-state index contributed by atoms with van der Waals surface area (Å²) in [6.45, 7) is 9.11. The smallest absolute Gasteiger partial charge is 0.244 e. The standard InChI is InChI=1S/C15H22N2O/c1-10-5-6-14(11(2)9-10)17-12(3)7-8-16-13(4)15(17)18/h5-6,9,12-13,16H,7-8H2,1-4H3. The SMILES string of the molecule is Cc1ccc(N2C(=O)C(C)NCCC2C)c(C)c1. The summed E-state index contributed by atoms with van der Waals surface area (Å²) in [6.07, 6.45) is 0.989. The number of hydrogen-bond acceptors (Lipinski definition) is 2. The lowest BCUT2D eigenvalue weighted by atomic mass is 10.1. The molecule has 1 heterocycles. The summed E-state index contributed by atoms with van der Waals surface area (Å²) < 4.78 is 0. The van der Waals surface area contributed by atoms with Gasteiger partial charge in [0, 0.05) is 11.7 Å². The summed E-state index contributed by atoms with van der Waals surface area (Å²) in [5.74, 6) is 0.173. The fraction of sp³-hybridized carbons (Fsp3) is 0.533. The predicted molar refractivity (Wildman–Crippen MR) is 74.9 cm³/mol. The van der Waals surface area contributed by atoms with Crippen molar-refractivity contribution < 1.29 is 4.79 Å². The topological polar surface area (TPSA) is 32.3 Å². The molecule has 98 valence electrons. The molecule has 0 radical (unpaired) electrons. The molecule has 0 aliphatic carbocycles. The minimum atomic E-state index is -0.101. The second-order valence-corrected chi connectivity index (χ2v) is 5.31. The van der Waals surface area contributed by atoms with Crippen LogP contribution in [0.15, 0.2) is 18.2 Å². The monoisotopic (exact) mass is 246 g/mol. The van der Waals surface area contributed by atoms with Gasteiger partial charge in [-0.3, -0.25) is 4.79 Å². The number of rotatable bonds is 1. The van der Waals surface area contributed by atoms with Crippen LogP contribution in [-0.2, 0) is 4.79 Å². The molecule has 0 bridgehead atoms. The van der Waals surface area contributed by atoms with Gasteiger partial charge >= 0.3 is 0 Å². The van der Waals surface area contributed by atoms with E-state index < -0.39 is 0 Å². The molecule has 0 aromatic heterocycles. The molecule has 1 aromatic carbocycles. The van der Waals surface area contributed by atoms with Crippen LogP contribution in [0, 0.1) is 13.8 Å². The van der Waals surface area contributed by atoms with Crippen LogP contribution in [0.2, 0.25) is 0 Å². The first-order valence-corrected chi connectivity index (χ1v) is 6.64. The van der Waals surface area contributed by atoms with Crippen molar-refractivity contribution in [3.8, 4) is 0 Å². The van der Waals surface area contributed by atoms with Crippen LogP contribution in [0.1, 0.15) is 31.4 Å². The van der Waals surface area contributed by atoms with Crippen molar-refractivity contribution in [2.45, 2.75) is 46.2 Å². The Morgan fingerprint density at radius 3 is 2.67 bits per heavy atom. The summed E-state index contributed by atoms with van der Waals surface area (Å²) in [6, 6.07) is 6.42. The molecular formula is C15H22N2O. The van der Waals surface area contributed by atoms with E-state index in [2.05, 4.69) is 44.3 Å². The molecule has 0 spiro atoms. The van der Waals surface area contributed by atoms with E-state index in [-0.39, 0.29) is 18.0 Å². The molecule has 1 amide bonds. The van der Waals surface area contributed by atoms with Crippen molar-refractivity contribution in [2.75, 3.05) is 11.4 Å². The highest BCUT2D eigenvalue weighted by molar-refractivity contribution is 5.98. The second-order valence-electron chi connectivity index (χ2n) is 5.31. The lowest BCUT2D eigenvalue weighted by Crippen LogP contribution is -2.44. The molecule has 2 unspecified atom stereocenters. The Hall–Kier alpha value is -1.35. The van der Waals surface area contributed by atoms with Crippen LogP contribution < -0.4 is 10.2 Å². The van der Waals surface area contributed by atoms with Gasteiger partial charge < -0.3 is 10.2 Å². The average Bonchev–Trinajstić information content (AvgIpc) is 2.42. The third-order valence-electron chi connectivity index (χ3n) is 3.67. The number of aryl methyl sites for hydroxylation is 2. The molecule has 1 fully saturated rings. The Morgan fingerprint density at radius 1 is 1.28 bits per heavy atom. The van der Waals surface area contributed by atoms with Crippen molar-refractivity contribution in [1.82, 2.24) is 5.32 Å². The van der Waals surface area contributed by atoms with Crippen molar-refractivity contribution in [1.29, 1.82) is 0 Å². The Morgan fingerprint density at radius 2 is 2.00 bits per heavy atom. The molecule has 2 atom stereocenters. The van der Waals surface area contributed by atoms with Gasteiger partial charge in [-0.05, 0) is 52.3 Å². The molecule has 1 saturated heterocycles. The van der Waals surface area contributed by atoms with Crippen LogP contribution in [0.4, 0.5) is 5.69 Å². The molecule has 1 N–H and O–H groups in total. The number of amides is 1. The molecule has 18 heavy (non-hydrogen) atoms. The first kappa shape index (κ1) is 13.1. The van der Waals surface area contributed by atoms with E-state index in [9.17, 15) is 4.79 Å². The first-order chi connectivity index (χ1) is 8.50. The highest BCUT2D eigenvalue weighted by Gasteiger charge is 2.29. The third-order valence-corrected chi connectivity index (χ3v) is 3.67. The quantitative estimate of drug-likeness (QED) is 0.825. The fourth-order valence-corrected chi connectivity index (χ4v) is 2.58. The Balaban J connectivity index is 2.41. The molecule has 1 aliphatic rings. The van der Waals surface area contributed by atoms with Crippen LogP contribution in [0.3, 0.4) is 0 Å². The summed E-state index contributed by atoms with van der Waals surface area (Å²) in [5, 5.41) is 3.26. The normalized spacial score (nSPS) is 25.1. The van der Waals surface area contributed by atoms with Gasteiger partial charge in [0.25, 0.3) is 0 Å². The van der Waals surface area contributed by atoms with Gasteiger partial charge in [0.15, 0.2) is 0 Å². The maximum atomic E-state index is 12.5. The summed E-state index contributed by atoms with van der Waals surface area (Å²) in [7, 11) is 0. The van der Waals surface area contributed by atoms with E-state index in [1.807, 2.05) is 11.8 Å². The highest BCUT2D eigenvalue weighted by atomic mass is 16.2. The van der Waals surface area contributed by atoms with E-state index in [0.717, 1.165) is 18.7 Å². The van der Waals surface area contributed by atoms with Gasteiger partial charge in [-0.2, -0.15) is 0 Å². The van der Waals surface area contributed by atoms with Crippen LogP contribution in [-0.4, -0.2) is 24.5 Å². The number of nitrogens with one attached hydrogen (secondary N) is 1. The zero-order chi connectivity index (χ0) is 13.3. The lowest BCUT2D eigenvalue weighted by molar-refractivity contribution is -0.120. The van der Waals surface area contributed by atoms with Gasteiger partial charge in [0.2, 0.25) is 5.91 Å². The zero-order valence-corrected chi connectivity index (χ0v) is 11.7. The van der Waals surface area contributed by atoms with Gasteiger partial charge in [-0.25, -0.2) is 0 Å². The molecule has 3 heteroatoms. The van der Waals surface area contributed by atoms with Gasteiger partial charge in [-0.15, -0.1) is 0 Å². The van der Waals surface area contributed by atoms with Crippen molar-refractivity contribution in [3.63, 3.8) is 0 Å². The lowest BCUT2D eigenvalue weighted by Gasteiger charge is -2.30. The van der Waals surface area contributed by atoms with E-state index in [1.165, 1.54) is 11.1 Å². The van der Waals surface area contributed by atoms with Crippen LogP contribution in [0.5, 0.6) is 0 Å². The third kappa shape index (κ3) is 2.41. The maximum Gasteiger partial charge on any atom is 0.244 e. The number of anilines is 1. The number of carbonyl (C=O) groups is 1. The molecule has 2 rings (SSSR count). The number of carbonyl (C=O) groups excluding carboxylic acids is 1. The number of benzene rings is 1. The Bertz CT molecular complexity index is 456. The van der Waals surface area contributed by atoms with E-state index in [0.29, 0.717) is 0 Å². The first-order valence-electron chi connectivity index (χ1n) is 6.64. The average molecular weight is 246 g/mol. The fourth-order valence-electron chi connectivity index (χ4n) is 2.58. The number of hydrogen-bond donors (Lipinski definition) is 1. The van der Waals surface area contributed by atoms with Gasteiger partial charge in [-0.1, -0.05) is 17.7 Å². The Kier molecular flexibility index (Phi) is 3.71. The van der Waals surface area contributed by atoms with Crippen molar-refractivity contribution >= 4 is 11.6 Å². The Labute approximate surface area is 109 Å². The highest BCUT2D eigenvalue weighted by Crippen LogP contribution is 2.26. The van der Waals surface area contributed by atoms with Crippen molar-refractivity contribution in [3.05, 3.63) is 29.3 Å². The molecule has 1 aromatic rings. The maximum absolute atomic E-state index is 12.5. The van der Waals surface area contributed by atoms with E-state index in [4.69, 9.17) is 0 Å². The predicted octanol–water partition coefficient (Wildman–Crippen LogP) is 2.41. The van der Waals surface area contributed by atoms with Crippen LogP contribution in [0.25, 0.3) is 0 Å². The number of nitrogens with zero attached hydrogens (tertiary/aromatic N) is 1. The molecule has 0 saturated carbocycles. The van der Waals surface area contributed by atoms with Crippen molar-refractivity contribution in [2.24, 2.45) is 0 Å². The summed E-state index contributed by atoms with van der Waals surface area (Å²) in [5.41, 5.74) is 3.45. The minimum absolute atomic E-state index is 0.101. The zero-order valence-electron chi connectivity index (χ0n) is 11.7. The van der Waals surface area contributed by atoms with E-state index in [1.54, 1.807) is 0 Å². The second kappa shape index (κ2) is 5.11. The van der Waals surface area contributed by atoms with E-state index >= 15 is 0 Å². The molecule has 3 nitrogen and oxygen atoms in total. The summed E-state index contributed by atoms with van der Waals surface area (Å²) in [4.78, 5) is 14.4. The molecular weight excluding hydrogens is 224 g/mol. The molecule has 1 aliphatic heterocycles. The summed E-state index contributed by atoms with van der Waals surface area (Å²) >= 11 is 0.